The molecule has 0 aliphatic rings. The van der Waals surface area contributed by atoms with Gasteiger partial charge in [-0.3, -0.25) is 4.79 Å². The maximum atomic E-state index is 10.5. The number of hydrogen-bond acceptors (Lipinski definition) is 3. The van der Waals surface area contributed by atoms with Crippen molar-refractivity contribution < 1.29 is 14.6 Å². The Labute approximate surface area is 108 Å². The molecule has 0 aromatic heterocycles. The number of carboxylic acid groups (broad SMARTS) is 1. The molecule has 0 fully saturated rings. The number of hydrogen-bond donors (Lipinski definition) is 1. The van der Waals surface area contributed by atoms with Gasteiger partial charge in [0.2, 0.25) is 0 Å². The van der Waals surface area contributed by atoms with Crippen molar-refractivity contribution in [3.05, 3.63) is 28.8 Å². The van der Waals surface area contributed by atoms with Crippen LogP contribution in [0.5, 0.6) is 5.75 Å². The van der Waals surface area contributed by atoms with Crippen LogP contribution in [0, 0.1) is 13.8 Å². The summed E-state index contributed by atoms with van der Waals surface area (Å²) >= 11 is 0. The summed E-state index contributed by atoms with van der Waals surface area (Å²) < 4.78 is 5.41. The minimum Gasteiger partial charge on any atom is -0.496 e. The van der Waals surface area contributed by atoms with Crippen molar-refractivity contribution >= 4 is 5.97 Å². The maximum absolute atomic E-state index is 10.5. The molecule has 0 atom stereocenters. The quantitative estimate of drug-likeness (QED) is 0.842. The van der Waals surface area contributed by atoms with E-state index in [0.29, 0.717) is 13.1 Å². The number of methoxy groups -OCH3 is 1. The van der Waals surface area contributed by atoms with Crippen LogP contribution in [0.3, 0.4) is 0 Å². The van der Waals surface area contributed by atoms with Gasteiger partial charge in [-0.1, -0.05) is 17.7 Å². The van der Waals surface area contributed by atoms with E-state index in [4.69, 9.17) is 9.84 Å². The van der Waals surface area contributed by atoms with E-state index < -0.39 is 5.97 Å². The third-order valence-electron chi connectivity index (χ3n) is 2.85. The molecule has 4 heteroatoms. The Morgan fingerprint density at radius 2 is 2.06 bits per heavy atom. The van der Waals surface area contributed by atoms with Crippen LogP contribution in [-0.4, -0.2) is 36.7 Å². The average Bonchev–Trinajstić information content (AvgIpc) is 2.26. The minimum absolute atomic E-state index is 0.156. The van der Waals surface area contributed by atoms with Crippen LogP contribution in [0.25, 0.3) is 0 Å². The standard InChI is InChI=1S/C14H21NO3/c1-10-7-11(2)14(18-4)12(8-10)9-15(3)6-5-13(16)17/h7-8H,5-6,9H2,1-4H3,(H,16,17). The van der Waals surface area contributed by atoms with Gasteiger partial charge in [-0.2, -0.15) is 0 Å². The molecule has 0 bridgehead atoms. The lowest BCUT2D eigenvalue weighted by Gasteiger charge is -2.19. The summed E-state index contributed by atoms with van der Waals surface area (Å²) in [5.74, 6) is 0.122. The third kappa shape index (κ3) is 4.04. The molecule has 1 rings (SSSR count). The first-order chi connectivity index (χ1) is 8.43. The lowest BCUT2D eigenvalue weighted by atomic mass is 10.1. The van der Waals surface area contributed by atoms with Gasteiger partial charge >= 0.3 is 5.97 Å². The first kappa shape index (κ1) is 14.5. The van der Waals surface area contributed by atoms with Gasteiger partial charge in [0.1, 0.15) is 5.75 Å². The summed E-state index contributed by atoms with van der Waals surface area (Å²) in [6.45, 7) is 5.30. The Hall–Kier alpha value is -1.55. The van der Waals surface area contributed by atoms with Crippen molar-refractivity contribution in [3.8, 4) is 5.75 Å². The Morgan fingerprint density at radius 1 is 1.39 bits per heavy atom. The van der Waals surface area contributed by atoms with Gasteiger partial charge in [0, 0.05) is 18.7 Å². The molecule has 1 N–H and O–H groups in total. The van der Waals surface area contributed by atoms with Gasteiger partial charge in [0.05, 0.1) is 13.5 Å². The molecule has 1 aromatic carbocycles. The van der Waals surface area contributed by atoms with Crippen LogP contribution < -0.4 is 4.74 Å². The van der Waals surface area contributed by atoms with Crippen molar-refractivity contribution in [1.82, 2.24) is 4.90 Å². The monoisotopic (exact) mass is 251 g/mol. The van der Waals surface area contributed by atoms with Gasteiger partial charge in [0.15, 0.2) is 0 Å². The largest absolute Gasteiger partial charge is 0.496 e. The summed E-state index contributed by atoms with van der Waals surface area (Å²) in [6, 6.07) is 4.17. The Bertz CT molecular complexity index is 429. The molecule has 100 valence electrons. The highest BCUT2D eigenvalue weighted by atomic mass is 16.5. The zero-order chi connectivity index (χ0) is 13.7. The zero-order valence-corrected chi connectivity index (χ0v) is 11.5. The van der Waals surface area contributed by atoms with Crippen molar-refractivity contribution in [1.29, 1.82) is 0 Å². The summed E-state index contributed by atoms with van der Waals surface area (Å²) in [7, 11) is 3.58. The zero-order valence-electron chi connectivity index (χ0n) is 11.5. The predicted molar refractivity (Wildman–Crippen MR) is 71.1 cm³/mol. The summed E-state index contributed by atoms with van der Waals surface area (Å²) in [5.41, 5.74) is 3.40. The lowest BCUT2D eigenvalue weighted by molar-refractivity contribution is -0.137. The number of aliphatic carboxylic acids is 1. The predicted octanol–water partition coefficient (Wildman–Crippen LogP) is 2.22. The highest BCUT2D eigenvalue weighted by molar-refractivity contribution is 5.66. The topological polar surface area (TPSA) is 49.8 Å². The second-order valence-electron chi connectivity index (χ2n) is 4.66. The normalized spacial score (nSPS) is 10.7. The Morgan fingerprint density at radius 3 is 2.61 bits per heavy atom. The number of nitrogens with zero attached hydrogens (tertiary/aromatic N) is 1. The van der Waals surface area contributed by atoms with E-state index in [9.17, 15) is 4.79 Å². The molecule has 0 radical (unpaired) electrons. The molecule has 18 heavy (non-hydrogen) atoms. The van der Waals surface area contributed by atoms with Crippen LogP contribution >= 0.6 is 0 Å². The molecule has 0 saturated carbocycles. The van der Waals surface area contributed by atoms with E-state index in [1.54, 1.807) is 7.11 Å². The van der Waals surface area contributed by atoms with Gasteiger partial charge < -0.3 is 14.7 Å². The third-order valence-corrected chi connectivity index (χ3v) is 2.85. The second kappa shape index (κ2) is 6.40. The molecule has 4 nitrogen and oxygen atoms in total. The van der Waals surface area contributed by atoms with E-state index in [2.05, 4.69) is 12.1 Å². The minimum atomic E-state index is -0.769. The van der Waals surface area contributed by atoms with Crippen molar-refractivity contribution in [2.75, 3.05) is 20.7 Å². The molecule has 0 aliphatic carbocycles. The Kier molecular flexibility index (Phi) is 5.16. The van der Waals surface area contributed by atoms with Gasteiger partial charge in [-0.15, -0.1) is 0 Å². The molecular formula is C14H21NO3. The van der Waals surface area contributed by atoms with Crippen molar-refractivity contribution in [3.63, 3.8) is 0 Å². The highest BCUT2D eigenvalue weighted by Crippen LogP contribution is 2.26. The number of carbonyl (C=O) groups is 1. The fourth-order valence-corrected chi connectivity index (χ4v) is 2.11. The van der Waals surface area contributed by atoms with Crippen LogP contribution in [0.4, 0.5) is 0 Å². The molecular weight excluding hydrogens is 230 g/mol. The van der Waals surface area contributed by atoms with E-state index in [1.807, 2.05) is 25.8 Å². The van der Waals surface area contributed by atoms with Crippen molar-refractivity contribution in [2.45, 2.75) is 26.8 Å². The van der Waals surface area contributed by atoms with Crippen LogP contribution in [-0.2, 0) is 11.3 Å². The fourth-order valence-electron chi connectivity index (χ4n) is 2.11. The molecule has 0 heterocycles. The molecule has 0 unspecified atom stereocenters. The Balaban J connectivity index is 2.79. The number of carboxylic acids is 1. The molecule has 1 aromatic rings. The summed E-state index contributed by atoms with van der Waals surface area (Å²) in [5, 5.41) is 8.67. The van der Waals surface area contributed by atoms with Crippen LogP contribution in [0.15, 0.2) is 12.1 Å². The second-order valence-corrected chi connectivity index (χ2v) is 4.66. The molecule has 0 spiro atoms. The summed E-state index contributed by atoms with van der Waals surface area (Å²) in [4.78, 5) is 12.5. The number of benzene rings is 1. The van der Waals surface area contributed by atoms with Crippen molar-refractivity contribution in [2.24, 2.45) is 0 Å². The van der Waals surface area contributed by atoms with E-state index >= 15 is 0 Å². The SMILES string of the molecule is COc1c(C)cc(C)cc1CN(C)CCC(=O)O. The van der Waals surface area contributed by atoms with E-state index in [0.717, 1.165) is 16.9 Å². The van der Waals surface area contributed by atoms with Gasteiger partial charge in [0.25, 0.3) is 0 Å². The molecule has 0 saturated heterocycles. The molecule has 0 aliphatic heterocycles. The maximum Gasteiger partial charge on any atom is 0.304 e. The highest BCUT2D eigenvalue weighted by Gasteiger charge is 2.10. The first-order valence-corrected chi connectivity index (χ1v) is 5.98. The van der Waals surface area contributed by atoms with Gasteiger partial charge in [-0.25, -0.2) is 0 Å². The van der Waals surface area contributed by atoms with E-state index in [1.165, 1.54) is 5.56 Å². The number of ether oxygens (including phenoxy) is 1. The van der Waals surface area contributed by atoms with Crippen LogP contribution in [0.2, 0.25) is 0 Å². The van der Waals surface area contributed by atoms with Gasteiger partial charge in [-0.05, 0) is 26.5 Å². The fraction of sp³-hybridized carbons (Fsp3) is 0.500. The van der Waals surface area contributed by atoms with E-state index in [-0.39, 0.29) is 6.42 Å². The smallest absolute Gasteiger partial charge is 0.304 e. The number of aryl methyl sites for hydroxylation is 2. The lowest BCUT2D eigenvalue weighted by Crippen LogP contribution is -2.21. The average molecular weight is 251 g/mol. The first-order valence-electron chi connectivity index (χ1n) is 5.98. The molecule has 0 amide bonds. The summed E-state index contributed by atoms with van der Waals surface area (Å²) in [6.07, 6.45) is 0.156. The van der Waals surface area contributed by atoms with Crippen LogP contribution in [0.1, 0.15) is 23.1 Å². The number of rotatable bonds is 6.